The molecule has 0 N–H and O–H groups in total. The maximum absolute atomic E-state index is 6.12. The van der Waals surface area contributed by atoms with Gasteiger partial charge in [-0.2, -0.15) is 0 Å². The molecule has 23 heavy (non-hydrogen) atoms. The molecule has 1 heterocycles. The van der Waals surface area contributed by atoms with Crippen LogP contribution in [0.15, 0.2) is 36.5 Å². The van der Waals surface area contributed by atoms with Crippen LogP contribution in [0.1, 0.15) is 34.1 Å². The zero-order valence-electron chi connectivity index (χ0n) is 14.8. The monoisotopic (exact) mass is 315 g/mol. The van der Waals surface area contributed by atoms with Crippen molar-refractivity contribution in [3.05, 3.63) is 36.5 Å². The number of pyridine rings is 1. The molecule has 126 valence electrons. The van der Waals surface area contributed by atoms with Gasteiger partial charge in [-0.3, -0.25) is 4.98 Å². The van der Waals surface area contributed by atoms with E-state index in [-0.39, 0.29) is 0 Å². The fourth-order valence-electron chi connectivity index (χ4n) is 2.66. The summed E-state index contributed by atoms with van der Waals surface area (Å²) in [7, 11) is 0. The van der Waals surface area contributed by atoms with E-state index >= 15 is 0 Å². The van der Waals surface area contributed by atoms with Crippen molar-refractivity contribution in [3.8, 4) is 5.75 Å². The number of hydrogen-bond donors (Lipinski definition) is 0. The molecule has 0 saturated carbocycles. The Hall–Kier alpha value is -1.65. The zero-order valence-corrected chi connectivity index (χ0v) is 14.8. The predicted octanol–water partition coefficient (Wildman–Crippen LogP) is 4.18. The Balaban J connectivity index is 2.09. The van der Waals surface area contributed by atoms with Crippen LogP contribution in [0.25, 0.3) is 10.9 Å². The third-order valence-corrected chi connectivity index (χ3v) is 4.06. The smallest absolute Gasteiger partial charge is 0.154 e. The van der Waals surface area contributed by atoms with Gasteiger partial charge in [0.15, 0.2) is 6.73 Å². The summed E-state index contributed by atoms with van der Waals surface area (Å²) in [6.45, 7) is 12.4. The number of rotatable bonds is 9. The molecule has 1 aromatic heterocycles. The first-order valence-corrected chi connectivity index (χ1v) is 8.62. The molecule has 2 aromatic rings. The first kappa shape index (κ1) is 17.7. The molecular weight excluding hydrogens is 286 g/mol. The highest BCUT2D eigenvalue weighted by Gasteiger charge is 2.14. The molecule has 0 aliphatic carbocycles. The van der Waals surface area contributed by atoms with Crippen LogP contribution in [0, 0.1) is 5.92 Å². The molecule has 0 fully saturated rings. The van der Waals surface area contributed by atoms with E-state index in [2.05, 4.69) is 54.8 Å². The molecule has 0 aliphatic heterocycles. The summed E-state index contributed by atoms with van der Waals surface area (Å²) < 4.78 is 6.12. The van der Waals surface area contributed by atoms with Crippen molar-refractivity contribution >= 4 is 10.9 Å². The minimum Gasteiger partial charge on any atom is -0.475 e. The van der Waals surface area contributed by atoms with E-state index in [0.29, 0.717) is 12.6 Å². The van der Waals surface area contributed by atoms with Crippen LogP contribution in [0.3, 0.4) is 0 Å². The van der Waals surface area contributed by atoms with Crippen LogP contribution >= 0.6 is 0 Å². The predicted molar refractivity (Wildman–Crippen MR) is 96.3 cm³/mol. The summed E-state index contributed by atoms with van der Waals surface area (Å²) in [5.74, 6) is 1.54. The largest absolute Gasteiger partial charge is 0.475 e. The van der Waals surface area contributed by atoms with Crippen LogP contribution < -0.4 is 4.74 Å². The number of fused-ring (bicyclic) bond motifs is 1. The van der Waals surface area contributed by atoms with Crippen LogP contribution in [0.2, 0.25) is 0 Å². The van der Waals surface area contributed by atoms with Crippen molar-refractivity contribution in [1.82, 2.24) is 15.0 Å². The molecule has 0 radical (unpaired) electrons. The van der Waals surface area contributed by atoms with Gasteiger partial charge in [0, 0.05) is 31.2 Å². The minimum absolute atomic E-state index is 0.560. The van der Waals surface area contributed by atoms with E-state index in [1.54, 1.807) is 0 Å². The second-order valence-electron chi connectivity index (χ2n) is 6.16. The molecule has 0 saturated heterocycles. The van der Waals surface area contributed by atoms with Gasteiger partial charge in [-0.15, -0.1) is 0 Å². The maximum atomic E-state index is 6.12. The molecule has 2 rings (SSSR count). The lowest BCUT2D eigenvalue weighted by Crippen LogP contribution is -2.45. The second kappa shape index (κ2) is 8.85. The van der Waals surface area contributed by atoms with E-state index in [0.717, 1.165) is 42.7 Å². The number of aromatic nitrogens is 1. The standard InChI is InChI=1S/C19H29N3O/c1-5-21(6-2)22(14-12-16(3)4)15-23-18-11-7-9-17-10-8-13-20-19(17)18/h7-11,13,16H,5-6,12,14-15H2,1-4H3. The zero-order chi connectivity index (χ0) is 16.7. The SMILES string of the molecule is CCN(CC)N(CCC(C)C)COc1cccc2cccnc12. The molecule has 4 nitrogen and oxygen atoms in total. The number of benzene rings is 1. The van der Waals surface area contributed by atoms with Crippen molar-refractivity contribution in [2.45, 2.75) is 34.1 Å². The summed E-state index contributed by atoms with van der Waals surface area (Å²) in [6, 6.07) is 10.1. The van der Waals surface area contributed by atoms with Gasteiger partial charge >= 0.3 is 0 Å². The van der Waals surface area contributed by atoms with Crippen LogP contribution in [-0.4, -0.2) is 41.4 Å². The van der Waals surface area contributed by atoms with E-state index < -0.39 is 0 Å². The summed E-state index contributed by atoms with van der Waals surface area (Å²) in [6.07, 6.45) is 2.98. The average molecular weight is 315 g/mol. The molecule has 0 spiro atoms. The van der Waals surface area contributed by atoms with Crippen molar-refractivity contribution in [2.75, 3.05) is 26.4 Å². The highest BCUT2D eigenvalue weighted by Crippen LogP contribution is 2.23. The van der Waals surface area contributed by atoms with Gasteiger partial charge in [-0.1, -0.05) is 45.9 Å². The third kappa shape index (κ3) is 4.91. The first-order valence-electron chi connectivity index (χ1n) is 8.62. The summed E-state index contributed by atoms with van der Waals surface area (Å²) in [4.78, 5) is 4.46. The topological polar surface area (TPSA) is 28.6 Å². The molecule has 0 aliphatic rings. The van der Waals surface area contributed by atoms with Gasteiger partial charge in [-0.25, -0.2) is 10.0 Å². The van der Waals surface area contributed by atoms with Crippen molar-refractivity contribution in [3.63, 3.8) is 0 Å². The van der Waals surface area contributed by atoms with E-state index in [1.807, 2.05) is 24.4 Å². The molecule has 0 unspecified atom stereocenters. The summed E-state index contributed by atoms with van der Waals surface area (Å²) in [5.41, 5.74) is 0.929. The van der Waals surface area contributed by atoms with Crippen LogP contribution in [-0.2, 0) is 0 Å². The number of nitrogens with zero attached hydrogens (tertiary/aromatic N) is 3. The molecule has 0 amide bonds. The number of para-hydroxylation sites is 1. The Morgan fingerprint density at radius 3 is 2.48 bits per heavy atom. The van der Waals surface area contributed by atoms with Crippen LogP contribution in [0.5, 0.6) is 5.75 Å². The highest BCUT2D eigenvalue weighted by molar-refractivity contribution is 5.84. The number of hydrogen-bond acceptors (Lipinski definition) is 4. The molecular formula is C19H29N3O. The molecule has 0 atom stereocenters. The van der Waals surface area contributed by atoms with Gasteiger partial charge in [0.05, 0.1) is 0 Å². The molecule has 1 aromatic carbocycles. The fraction of sp³-hybridized carbons (Fsp3) is 0.526. The number of hydrazine groups is 1. The van der Waals surface area contributed by atoms with Gasteiger partial charge < -0.3 is 4.74 Å². The molecule has 4 heteroatoms. The van der Waals surface area contributed by atoms with Crippen molar-refractivity contribution in [2.24, 2.45) is 5.92 Å². The summed E-state index contributed by atoms with van der Waals surface area (Å²) >= 11 is 0. The Morgan fingerprint density at radius 2 is 1.78 bits per heavy atom. The summed E-state index contributed by atoms with van der Waals surface area (Å²) in [5, 5.41) is 5.75. The van der Waals surface area contributed by atoms with Gasteiger partial charge in [0.2, 0.25) is 0 Å². The lowest BCUT2D eigenvalue weighted by atomic mass is 10.1. The van der Waals surface area contributed by atoms with Gasteiger partial charge in [0.1, 0.15) is 11.3 Å². The lowest BCUT2D eigenvalue weighted by Gasteiger charge is -2.33. The van der Waals surface area contributed by atoms with Gasteiger partial charge in [-0.05, 0) is 24.5 Å². The van der Waals surface area contributed by atoms with Crippen molar-refractivity contribution < 1.29 is 4.74 Å². The third-order valence-electron chi connectivity index (χ3n) is 4.06. The normalized spacial score (nSPS) is 11.8. The lowest BCUT2D eigenvalue weighted by molar-refractivity contribution is -0.0687. The Morgan fingerprint density at radius 1 is 1.04 bits per heavy atom. The Bertz CT molecular complexity index is 591. The highest BCUT2D eigenvalue weighted by atomic mass is 16.5. The van der Waals surface area contributed by atoms with Gasteiger partial charge in [0.25, 0.3) is 0 Å². The number of ether oxygens (including phenoxy) is 1. The van der Waals surface area contributed by atoms with E-state index in [9.17, 15) is 0 Å². The quantitative estimate of drug-likeness (QED) is 0.513. The fourth-order valence-corrected chi connectivity index (χ4v) is 2.66. The minimum atomic E-state index is 0.560. The maximum Gasteiger partial charge on any atom is 0.154 e. The molecule has 0 bridgehead atoms. The van der Waals surface area contributed by atoms with E-state index in [1.165, 1.54) is 0 Å². The first-order chi connectivity index (χ1) is 11.2. The van der Waals surface area contributed by atoms with Crippen LogP contribution in [0.4, 0.5) is 0 Å². The van der Waals surface area contributed by atoms with Crippen molar-refractivity contribution in [1.29, 1.82) is 0 Å². The average Bonchev–Trinajstić information content (AvgIpc) is 2.57. The van der Waals surface area contributed by atoms with E-state index in [4.69, 9.17) is 4.74 Å². The second-order valence-corrected chi connectivity index (χ2v) is 6.16. The Kier molecular flexibility index (Phi) is 6.81. The Labute approximate surface area is 140 Å².